The third-order valence-corrected chi connectivity index (χ3v) is 3.62. The average molecular weight is 241 g/mol. The van der Waals surface area contributed by atoms with Gasteiger partial charge in [-0.15, -0.1) is 11.3 Å². The van der Waals surface area contributed by atoms with Gasteiger partial charge in [0.15, 0.2) is 0 Å². The molecule has 1 aromatic carbocycles. The van der Waals surface area contributed by atoms with E-state index in [1.165, 1.54) is 11.3 Å². The Kier molecular flexibility index (Phi) is 2.72. The van der Waals surface area contributed by atoms with Gasteiger partial charge >= 0.3 is 0 Å². The van der Waals surface area contributed by atoms with E-state index in [0.29, 0.717) is 10.4 Å². The smallest absolute Gasteiger partial charge is 0.258 e. The van der Waals surface area contributed by atoms with E-state index >= 15 is 0 Å². The van der Waals surface area contributed by atoms with Gasteiger partial charge in [0.1, 0.15) is 5.91 Å². The first-order chi connectivity index (χ1) is 7.08. The van der Waals surface area contributed by atoms with Gasteiger partial charge in [0.25, 0.3) is 5.91 Å². The molecule has 2 aromatic rings. The van der Waals surface area contributed by atoms with E-state index < -0.39 is 11.8 Å². The van der Waals surface area contributed by atoms with Crippen LogP contribution >= 0.6 is 20.6 Å². The standard InChI is InChI=1S/C10H9FNOPS/c11-9(14)5-1-2-7-6(3-5)4-8(15-7)10(12)13/h1-4,9H,14H2,(H2,12,13). The van der Waals surface area contributed by atoms with Crippen molar-refractivity contribution in [1.29, 1.82) is 0 Å². The quantitative estimate of drug-likeness (QED) is 0.807. The van der Waals surface area contributed by atoms with Crippen LogP contribution in [0.1, 0.15) is 21.1 Å². The molecule has 2 rings (SSSR count). The van der Waals surface area contributed by atoms with Gasteiger partial charge in [0.05, 0.1) is 4.88 Å². The van der Waals surface area contributed by atoms with Crippen molar-refractivity contribution in [2.45, 2.75) is 5.91 Å². The fraction of sp³-hybridized carbons (Fsp3) is 0.100. The molecule has 0 aliphatic heterocycles. The number of benzene rings is 1. The van der Waals surface area contributed by atoms with Crippen LogP contribution in [0.15, 0.2) is 24.3 Å². The summed E-state index contributed by atoms with van der Waals surface area (Å²) in [7, 11) is 2.09. The van der Waals surface area contributed by atoms with Crippen LogP contribution in [0.4, 0.5) is 4.39 Å². The van der Waals surface area contributed by atoms with Crippen molar-refractivity contribution >= 4 is 36.6 Å². The molecule has 2 unspecified atom stereocenters. The molecule has 0 saturated carbocycles. The van der Waals surface area contributed by atoms with Crippen molar-refractivity contribution in [2.24, 2.45) is 5.73 Å². The fourth-order valence-corrected chi connectivity index (χ4v) is 2.46. The Morgan fingerprint density at radius 2 is 2.20 bits per heavy atom. The summed E-state index contributed by atoms with van der Waals surface area (Å²) in [6.07, 6.45) is 0. The van der Waals surface area contributed by atoms with Gasteiger partial charge in [0.2, 0.25) is 0 Å². The van der Waals surface area contributed by atoms with Crippen molar-refractivity contribution < 1.29 is 9.18 Å². The van der Waals surface area contributed by atoms with Crippen LogP contribution in [0.3, 0.4) is 0 Å². The van der Waals surface area contributed by atoms with E-state index in [1.807, 2.05) is 0 Å². The minimum Gasteiger partial charge on any atom is -0.365 e. The Morgan fingerprint density at radius 1 is 1.47 bits per heavy atom. The minimum absolute atomic E-state index is 0.444. The Balaban J connectivity index is 2.57. The lowest BCUT2D eigenvalue weighted by atomic mass is 10.2. The first-order valence-electron chi connectivity index (χ1n) is 4.31. The molecule has 0 aliphatic rings. The highest BCUT2D eigenvalue weighted by atomic mass is 32.1. The lowest BCUT2D eigenvalue weighted by Gasteiger charge is -2.00. The van der Waals surface area contributed by atoms with Gasteiger partial charge in [-0.3, -0.25) is 4.79 Å². The van der Waals surface area contributed by atoms with Crippen molar-refractivity contribution in [3.63, 3.8) is 0 Å². The van der Waals surface area contributed by atoms with Gasteiger partial charge in [-0.25, -0.2) is 4.39 Å². The van der Waals surface area contributed by atoms with E-state index in [9.17, 15) is 9.18 Å². The van der Waals surface area contributed by atoms with Crippen LogP contribution in [-0.4, -0.2) is 5.91 Å². The number of hydrogen-bond donors (Lipinski definition) is 1. The predicted molar refractivity (Wildman–Crippen MR) is 63.9 cm³/mol. The topological polar surface area (TPSA) is 43.1 Å². The summed E-state index contributed by atoms with van der Waals surface area (Å²) in [4.78, 5) is 11.4. The SMILES string of the molecule is NC(=O)c1cc2cc(C(F)P)ccc2s1. The van der Waals surface area contributed by atoms with E-state index in [2.05, 4.69) is 9.24 Å². The molecular weight excluding hydrogens is 232 g/mol. The Morgan fingerprint density at radius 3 is 2.80 bits per heavy atom. The number of alkyl halides is 1. The summed E-state index contributed by atoms with van der Waals surface area (Å²) in [6.45, 7) is 0. The van der Waals surface area contributed by atoms with Gasteiger partial charge < -0.3 is 5.73 Å². The minimum atomic E-state index is -1.08. The van der Waals surface area contributed by atoms with Gasteiger partial charge in [-0.1, -0.05) is 15.3 Å². The second-order valence-electron chi connectivity index (χ2n) is 3.17. The van der Waals surface area contributed by atoms with Crippen molar-refractivity contribution in [3.8, 4) is 0 Å². The Bertz CT molecular complexity index is 523. The molecule has 2 nitrogen and oxygen atoms in total. The summed E-state index contributed by atoms with van der Waals surface area (Å²) in [5.41, 5.74) is 5.75. The largest absolute Gasteiger partial charge is 0.365 e. The maximum atomic E-state index is 13.0. The van der Waals surface area contributed by atoms with Crippen molar-refractivity contribution in [2.75, 3.05) is 0 Å². The highest BCUT2D eigenvalue weighted by molar-refractivity contribution is 7.20. The lowest BCUT2D eigenvalue weighted by molar-refractivity contribution is 0.100. The van der Waals surface area contributed by atoms with Crippen LogP contribution in [0, 0.1) is 0 Å². The van der Waals surface area contributed by atoms with E-state index in [-0.39, 0.29) is 0 Å². The normalized spacial score (nSPS) is 12.9. The number of rotatable bonds is 2. The molecule has 1 heterocycles. The number of carbonyl (C=O) groups is 1. The van der Waals surface area contributed by atoms with E-state index in [0.717, 1.165) is 10.1 Å². The Labute approximate surface area is 92.5 Å². The Hall–Kier alpha value is -0.990. The predicted octanol–water partition coefficient (Wildman–Crippen LogP) is 2.84. The zero-order chi connectivity index (χ0) is 11.0. The number of nitrogens with two attached hydrogens (primary N) is 1. The molecule has 2 atom stereocenters. The third kappa shape index (κ3) is 2.01. The highest BCUT2D eigenvalue weighted by Crippen LogP contribution is 2.31. The van der Waals surface area contributed by atoms with Crippen molar-refractivity contribution in [3.05, 3.63) is 34.7 Å². The zero-order valence-electron chi connectivity index (χ0n) is 7.74. The molecule has 0 fully saturated rings. The second-order valence-corrected chi connectivity index (χ2v) is 4.84. The first-order valence-corrected chi connectivity index (χ1v) is 5.79. The van der Waals surface area contributed by atoms with Gasteiger partial charge in [-0.2, -0.15) is 0 Å². The summed E-state index contributed by atoms with van der Waals surface area (Å²) in [5.74, 6) is -1.52. The number of amides is 1. The summed E-state index contributed by atoms with van der Waals surface area (Å²) < 4.78 is 13.9. The molecule has 5 heteroatoms. The number of halogens is 1. The summed E-state index contributed by atoms with van der Waals surface area (Å²) >= 11 is 1.32. The number of primary amides is 1. The highest BCUT2D eigenvalue weighted by Gasteiger charge is 2.09. The zero-order valence-corrected chi connectivity index (χ0v) is 9.71. The maximum absolute atomic E-state index is 13.0. The lowest BCUT2D eigenvalue weighted by Crippen LogP contribution is -2.07. The molecule has 0 bridgehead atoms. The number of fused-ring (bicyclic) bond motifs is 1. The molecular formula is C10H9FNOPS. The van der Waals surface area contributed by atoms with Crippen LogP contribution < -0.4 is 5.73 Å². The second kappa shape index (κ2) is 3.87. The molecule has 1 amide bonds. The van der Waals surface area contributed by atoms with Crippen molar-refractivity contribution in [1.82, 2.24) is 0 Å². The molecule has 78 valence electrons. The molecule has 0 radical (unpaired) electrons. The van der Waals surface area contributed by atoms with Crippen LogP contribution in [-0.2, 0) is 0 Å². The van der Waals surface area contributed by atoms with Crippen LogP contribution in [0.5, 0.6) is 0 Å². The monoisotopic (exact) mass is 241 g/mol. The number of thiophene rings is 1. The molecule has 15 heavy (non-hydrogen) atoms. The third-order valence-electron chi connectivity index (χ3n) is 2.10. The van der Waals surface area contributed by atoms with E-state index in [4.69, 9.17) is 5.73 Å². The van der Waals surface area contributed by atoms with E-state index in [1.54, 1.807) is 24.3 Å². The fourth-order valence-electron chi connectivity index (χ4n) is 1.35. The summed E-state index contributed by atoms with van der Waals surface area (Å²) in [6, 6.07) is 6.94. The summed E-state index contributed by atoms with van der Waals surface area (Å²) in [5, 5.41) is 0.858. The number of carbonyl (C=O) groups excluding carboxylic acids is 1. The average Bonchev–Trinajstić information content (AvgIpc) is 2.59. The molecule has 2 N–H and O–H groups in total. The van der Waals surface area contributed by atoms with Gasteiger partial charge in [-0.05, 0) is 29.1 Å². The van der Waals surface area contributed by atoms with Crippen LogP contribution in [0.2, 0.25) is 0 Å². The van der Waals surface area contributed by atoms with Gasteiger partial charge in [0, 0.05) is 4.70 Å². The maximum Gasteiger partial charge on any atom is 0.258 e. The molecule has 1 aromatic heterocycles. The molecule has 0 spiro atoms. The van der Waals surface area contributed by atoms with Crippen LogP contribution in [0.25, 0.3) is 10.1 Å². The first kappa shape index (κ1) is 10.5. The number of hydrogen-bond acceptors (Lipinski definition) is 2. The molecule has 0 saturated heterocycles. The molecule has 0 aliphatic carbocycles.